The molecule has 4 nitrogen and oxygen atoms in total. The third-order valence-corrected chi connectivity index (χ3v) is 2.30. The van der Waals surface area contributed by atoms with Crippen molar-refractivity contribution in [2.75, 3.05) is 20.1 Å². The van der Waals surface area contributed by atoms with E-state index in [1.54, 1.807) is 18.9 Å². The molecule has 1 amide bonds. The van der Waals surface area contributed by atoms with Crippen LogP contribution >= 0.6 is 0 Å². The van der Waals surface area contributed by atoms with Crippen molar-refractivity contribution in [2.24, 2.45) is 0 Å². The van der Waals surface area contributed by atoms with E-state index in [9.17, 15) is 4.79 Å². The van der Waals surface area contributed by atoms with Gasteiger partial charge >= 0.3 is 0 Å². The Morgan fingerprint density at radius 2 is 2.00 bits per heavy atom. The molecule has 0 aromatic heterocycles. The minimum absolute atomic E-state index is 0.0540. The summed E-state index contributed by atoms with van der Waals surface area (Å²) in [5.41, 5.74) is 0.0540. The van der Waals surface area contributed by atoms with Crippen LogP contribution in [0.25, 0.3) is 0 Å². The second-order valence-electron chi connectivity index (χ2n) is 5.38. The minimum Gasteiger partial charge on any atom is -0.393 e. The van der Waals surface area contributed by atoms with Gasteiger partial charge in [-0.05, 0) is 34.1 Å². The lowest BCUT2D eigenvalue weighted by molar-refractivity contribution is -0.130. The summed E-state index contributed by atoms with van der Waals surface area (Å²) in [4.78, 5) is 13.3. The summed E-state index contributed by atoms with van der Waals surface area (Å²) in [6.07, 6.45) is 0.797. The molecule has 2 N–H and O–H groups in total. The van der Waals surface area contributed by atoms with Crippen LogP contribution in [0.4, 0.5) is 0 Å². The van der Waals surface area contributed by atoms with E-state index >= 15 is 0 Å². The minimum atomic E-state index is -0.344. The maximum atomic E-state index is 11.6. The molecule has 0 fully saturated rings. The smallest absolute Gasteiger partial charge is 0.223 e. The molecule has 0 aromatic rings. The molecule has 1 atom stereocenters. The van der Waals surface area contributed by atoms with Crippen molar-refractivity contribution in [1.82, 2.24) is 10.2 Å². The molecule has 0 heterocycles. The molecular formula is C12H26N2O2. The first-order valence-corrected chi connectivity index (χ1v) is 5.89. The molecule has 1 unspecified atom stereocenters. The average Bonchev–Trinajstić information content (AvgIpc) is 2.11. The summed E-state index contributed by atoms with van der Waals surface area (Å²) in [7, 11) is 1.78. The number of carbonyl (C=O) groups excluding carboxylic acids is 1. The van der Waals surface area contributed by atoms with Crippen molar-refractivity contribution >= 4 is 5.91 Å². The van der Waals surface area contributed by atoms with Crippen molar-refractivity contribution in [1.29, 1.82) is 0 Å². The maximum absolute atomic E-state index is 11.6. The average molecular weight is 230 g/mol. The van der Waals surface area contributed by atoms with Crippen LogP contribution in [-0.2, 0) is 4.79 Å². The third kappa shape index (κ3) is 8.68. The Morgan fingerprint density at radius 1 is 1.44 bits per heavy atom. The fourth-order valence-corrected chi connectivity index (χ4v) is 1.24. The first kappa shape index (κ1) is 15.4. The van der Waals surface area contributed by atoms with E-state index in [4.69, 9.17) is 5.11 Å². The number of hydrogen-bond acceptors (Lipinski definition) is 3. The zero-order chi connectivity index (χ0) is 12.8. The van der Waals surface area contributed by atoms with E-state index in [-0.39, 0.29) is 17.6 Å². The second-order valence-corrected chi connectivity index (χ2v) is 5.38. The molecule has 0 aliphatic carbocycles. The molecule has 0 aliphatic heterocycles. The van der Waals surface area contributed by atoms with Crippen LogP contribution in [0.3, 0.4) is 0 Å². The maximum Gasteiger partial charge on any atom is 0.223 e. The highest BCUT2D eigenvalue weighted by atomic mass is 16.3. The predicted octanol–water partition coefficient (Wildman–Crippen LogP) is 0.994. The number of aliphatic hydroxyl groups excluding tert-OH is 1. The zero-order valence-corrected chi connectivity index (χ0v) is 11.2. The number of aliphatic hydroxyl groups is 1. The van der Waals surface area contributed by atoms with E-state index in [0.717, 1.165) is 0 Å². The van der Waals surface area contributed by atoms with Crippen LogP contribution in [0.15, 0.2) is 0 Å². The Balaban J connectivity index is 3.71. The number of nitrogens with zero attached hydrogens (tertiary/aromatic N) is 1. The molecule has 0 spiro atoms. The predicted molar refractivity (Wildman–Crippen MR) is 66.3 cm³/mol. The van der Waals surface area contributed by atoms with Crippen LogP contribution in [0.5, 0.6) is 0 Å². The SMILES string of the molecule is CC(O)CCN(C)C(=O)CCNC(C)(C)C. The largest absolute Gasteiger partial charge is 0.393 e. The molecule has 0 aromatic carbocycles. The molecule has 4 heteroatoms. The molecular weight excluding hydrogens is 204 g/mol. The Hall–Kier alpha value is -0.610. The molecule has 0 rings (SSSR count). The van der Waals surface area contributed by atoms with Crippen molar-refractivity contribution in [2.45, 2.75) is 52.2 Å². The molecule has 16 heavy (non-hydrogen) atoms. The Morgan fingerprint density at radius 3 is 2.44 bits per heavy atom. The Kier molecular flexibility index (Phi) is 6.60. The van der Waals surface area contributed by atoms with Gasteiger partial charge in [-0.3, -0.25) is 4.79 Å². The first-order valence-electron chi connectivity index (χ1n) is 5.89. The van der Waals surface area contributed by atoms with Crippen molar-refractivity contribution in [3.05, 3.63) is 0 Å². The van der Waals surface area contributed by atoms with Crippen LogP contribution in [0.1, 0.15) is 40.5 Å². The fourth-order valence-electron chi connectivity index (χ4n) is 1.24. The van der Waals surface area contributed by atoms with Gasteiger partial charge in [-0.15, -0.1) is 0 Å². The summed E-state index contributed by atoms with van der Waals surface area (Å²) in [5, 5.41) is 12.4. The highest BCUT2D eigenvalue weighted by Crippen LogP contribution is 2.00. The molecule has 0 aliphatic rings. The Labute approximate surface area is 99.0 Å². The number of rotatable bonds is 6. The summed E-state index contributed by atoms with van der Waals surface area (Å²) in [6, 6.07) is 0. The van der Waals surface area contributed by atoms with Gasteiger partial charge in [0, 0.05) is 32.1 Å². The van der Waals surface area contributed by atoms with E-state index in [1.165, 1.54) is 0 Å². The van der Waals surface area contributed by atoms with E-state index in [1.807, 2.05) is 0 Å². The van der Waals surface area contributed by atoms with Gasteiger partial charge in [0.15, 0.2) is 0 Å². The summed E-state index contributed by atoms with van der Waals surface area (Å²) in [5.74, 6) is 0.123. The third-order valence-electron chi connectivity index (χ3n) is 2.30. The number of amides is 1. The zero-order valence-electron chi connectivity index (χ0n) is 11.2. The highest BCUT2D eigenvalue weighted by Gasteiger charge is 2.12. The summed E-state index contributed by atoms with van der Waals surface area (Å²) in [6.45, 7) is 9.28. The van der Waals surface area contributed by atoms with Crippen LogP contribution in [0, 0.1) is 0 Å². The Bertz CT molecular complexity index is 210. The molecule has 0 radical (unpaired) electrons. The standard InChI is InChI=1S/C12H26N2O2/c1-10(15)7-9-14(5)11(16)6-8-13-12(2,3)4/h10,13,15H,6-9H2,1-5H3. The molecule has 0 saturated heterocycles. The number of hydrogen-bond donors (Lipinski definition) is 2. The summed E-state index contributed by atoms with van der Waals surface area (Å²) < 4.78 is 0. The monoisotopic (exact) mass is 230 g/mol. The van der Waals surface area contributed by atoms with Crippen molar-refractivity contribution < 1.29 is 9.90 Å². The van der Waals surface area contributed by atoms with Gasteiger partial charge < -0.3 is 15.3 Å². The summed E-state index contributed by atoms with van der Waals surface area (Å²) >= 11 is 0. The van der Waals surface area contributed by atoms with Gasteiger partial charge in [0.2, 0.25) is 5.91 Å². The van der Waals surface area contributed by atoms with Crippen LogP contribution in [-0.4, -0.2) is 47.7 Å². The van der Waals surface area contributed by atoms with E-state index < -0.39 is 0 Å². The van der Waals surface area contributed by atoms with Crippen LogP contribution in [0.2, 0.25) is 0 Å². The number of nitrogens with one attached hydrogen (secondary N) is 1. The highest BCUT2D eigenvalue weighted by molar-refractivity contribution is 5.76. The molecule has 0 saturated carbocycles. The quantitative estimate of drug-likeness (QED) is 0.715. The van der Waals surface area contributed by atoms with Gasteiger partial charge in [-0.2, -0.15) is 0 Å². The lowest BCUT2D eigenvalue weighted by atomic mass is 10.1. The van der Waals surface area contributed by atoms with Crippen molar-refractivity contribution in [3.63, 3.8) is 0 Å². The van der Waals surface area contributed by atoms with Gasteiger partial charge in [-0.25, -0.2) is 0 Å². The normalized spacial score (nSPS) is 13.6. The lowest BCUT2D eigenvalue weighted by Gasteiger charge is -2.22. The topological polar surface area (TPSA) is 52.6 Å². The number of carbonyl (C=O) groups is 1. The van der Waals surface area contributed by atoms with Gasteiger partial charge in [0.25, 0.3) is 0 Å². The van der Waals surface area contributed by atoms with E-state index in [2.05, 4.69) is 26.1 Å². The molecule has 0 bridgehead atoms. The van der Waals surface area contributed by atoms with Gasteiger partial charge in [0.05, 0.1) is 6.10 Å². The molecule has 96 valence electrons. The van der Waals surface area contributed by atoms with Crippen LogP contribution < -0.4 is 5.32 Å². The van der Waals surface area contributed by atoms with Crippen molar-refractivity contribution in [3.8, 4) is 0 Å². The second kappa shape index (κ2) is 6.86. The fraction of sp³-hybridized carbons (Fsp3) is 0.917. The van der Waals surface area contributed by atoms with Gasteiger partial charge in [0.1, 0.15) is 0 Å². The first-order chi connectivity index (χ1) is 7.22. The van der Waals surface area contributed by atoms with Gasteiger partial charge in [-0.1, -0.05) is 0 Å². The lowest BCUT2D eigenvalue weighted by Crippen LogP contribution is -2.39. The van der Waals surface area contributed by atoms with E-state index in [0.29, 0.717) is 25.9 Å².